The van der Waals surface area contributed by atoms with Gasteiger partial charge in [-0.05, 0) is 41.7 Å². The van der Waals surface area contributed by atoms with E-state index < -0.39 is 0 Å². The van der Waals surface area contributed by atoms with Gasteiger partial charge in [-0.2, -0.15) is 0 Å². The Labute approximate surface area is 138 Å². The number of nitrogens with two attached hydrogens (primary N) is 1. The van der Waals surface area contributed by atoms with Crippen molar-refractivity contribution in [2.24, 2.45) is 11.1 Å². The lowest BCUT2D eigenvalue weighted by atomic mass is 9.88. The first-order valence-electron chi connectivity index (χ1n) is 8.21. The van der Waals surface area contributed by atoms with Crippen molar-refractivity contribution in [2.45, 2.75) is 33.7 Å². The van der Waals surface area contributed by atoms with Crippen LogP contribution in [0.1, 0.15) is 26.3 Å². The molecule has 120 valence electrons. The summed E-state index contributed by atoms with van der Waals surface area (Å²) in [6, 6.07) is 12.7. The molecule has 0 radical (unpaired) electrons. The van der Waals surface area contributed by atoms with E-state index in [0.29, 0.717) is 6.54 Å². The molecule has 0 aliphatic rings. The highest BCUT2D eigenvalue weighted by Crippen LogP contribution is 2.31. The third-order valence-electron chi connectivity index (χ3n) is 4.02. The third-order valence-corrected chi connectivity index (χ3v) is 4.02. The minimum atomic E-state index is 0.253. The second-order valence-corrected chi connectivity index (χ2v) is 7.32. The van der Waals surface area contributed by atoms with Crippen LogP contribution in [0.25, 0.3) is 22.2 Å². The van der Waals surface area contributed by atoms with Crippen molar-refractivity contribution in [2.75, 3.05) is 6.54 Å². The zero-order valence-corrected chi connectivity index (χ0v) is 14.2. The number of fused-ring (bicyclic) bond motifs is 1. The molecule has 0 bridgehead atoms. The van der Waals surface area contributed by atoms with E-state index in [0.717, 1.165) is 18.7 Å². The molecule has 0 unspecified atom stereocenters. The minimum Gasteiger partial charge on any atom is -0.346 e. The Kier molecular flexibility index (Phi) is 4.22. The third kappa shape index (κ3) is 3.45. The fraction of sp³-hybridized carbons (Fsp3) is 0.350. The fourth-order valence-corrected chi connectivity index (χ4v) is 3.10. The van der Waals surface area contributed by atoms with Crippen molar-refractivity contribution in [1.82, 2.24) is 9.55 Å². The predicted octanol–water partition coefficient (Wildman–Crippen LogP) is 4.25. The summed E-state index contributed by atoms with van der Waals surface area (Å²) >= 11 is 0. The highest BCUT2D eigenvalue weighted by molar-refractivity contribution is 5.88. The Balaban J connectivity index is 2.13. The van der Waals surface area contributed by atoms with Crippen LogP contribution in [0.4, 0.5) is 0 Å². The molecule has 2 heterocycles. The maximum atomic E-state index is 5.78. The molecule has 1 aromatic carbocycles. The normalized spacial score (nSPS) is 12.0. The molecular formula is C20H25N3. The molecule has 0 saturated heterocycles. The molecule has 0 aliphatic carbocycles. The maximum Gasteiger partial charge on any atom is 0.0702 e. The second-order valence-electron chi connectivity index (χ2n) is 7.32. The van der Waals surface area contributed by atoms with Gasteiger partial charge in [0.2, 0.25) is 0 Å². The van der Waals surface area contributed by atoms with Gasteiger partial charge in [0.25, 0.3) is 0 Å². The van der Waals surface area contributed by atoms with Crippen molar-refractivity contribution in [3.63, 3.8) is 0 Å². The number of aromatic nitrogens is 2. The smallest absolute Gasteiger partial charge is 0.0702 e. The van der Waals surface area contributed by atoms with E-state index in [1.54, 1.807) is 0 Å². The molecule has 2 aromatic heterocycles. The van der Waals surface area contributed by atoms with E-state index in [2.05, 4.69) is 60.8 Å². The molecule has 0 fully saturated rings. The van der Waals surface area contributed by atoms with Crippen LogP contribution in [0, 0.1) is 5.41 Å². The number of hydrogen-bond acceptors (Lipinski definition) is 2. The Morgan fingerprint density at radius 2 is 1.96 bits per heavy atom. The minimum absolute atomic E-state index is 0.253. The number of pyridine rings is 1. The Morgan fingerprint density at radius 1 is 1.13 bits per heavy atom. The van der Waals surface area contributed by atoms with Gasteiger partial charge in [0, 0.05) is 41.9 Å². The summed E-state index contributed by atoms with van der Waals surface area (Å²) in [5.41, 5.74) is 10.9. The van der Waals surface area contributed by atoms with E-state index >= 15 is 0 Å². The SMILES string of the molecule is CC(C)(C)Cc1cn(CCN)c2ccc(-c3ccccn3)cc12. The van der Waals surface area contributed by atoms with Gasteiger partial charge in [0.1, 0.15) is 0 Å². The van der Waals surface area contributed by atoms with Crippen molar-refractivity contribution in [1.29, 1.82) is 0 Å². The number of benzene rings is 1. The summed E-state index contributed by atoms with van der Waals surface area (Å²) in [5.74, 6) is 0. The zero-order valence-electron chi connectivity index (χ0n) is 14.2. The van der Waals surface area contributed by atoms with Crippen LogP contribution in [0.15, 0.2) is 48.8 Å². The van der Waals surface area contributed by atoms with Gasteiger partial charge in [0.05, 0.1) is 5.69 Å². The molecule has 2 N–H and O–H groups in total. The average molecular weight is 307 g/mol. The van der Waals surface area contributed by atoms with Gasteiger partial charge in [-0.15, -0.1) is 0 Å². The number of nitrogens with zero attached hydrogens (tertiary/aromatic N) is 2. The highest BCUT2D eigenvalue weighted by Gasteiger charge is 2.17. The molecule has 23 heavy (non-hydrogen) atoms. The van der Waals surface area contributed by atoms with E-state index in [9.17, 15) is 0 Å². The van der Waals surface area contributed by atoms with Crippen LogP contribution in [-0.2, 0) is 13.0 Å². The van der Waals surface area contributed by atoms with E-state index in [1.165, 1.54) is 22.0 Å². The molecule has 3 nitrogen and oxygen atoms in total. The van der Waals surface area contributed by atoms with E-state index in [-0.39, 0.29) is 5.41 Å². The van der Waals surface area contributed by atoms with Crippen LogP contribution in [0.5, 0.6) is 0 Å². The first kappa shape index (κ1) is 15.8. The van der Waals surface area contributed by atoms with Crippen molar-refractivity contribution >= 4 is 10.9 Å². The van der Waals surface area contributed by atoms with Gasteiger partial charge >= 0.3 is 0 Å². The lowest BCUT2D eigenvalue weighted by molar-refractivity contribution is 0.412. The summed E-state index contributed by atoms with van der Waals surface area (Å²) in [7, 11) is 0. The topological polar surface area (TPSA) is 43.8 Å². The molecule has 0 saturated carbocycles. The first-order chi connectivity index (χ1) is 11.0. The van der Waals surface area contributed by atoms with Crippen molar-refractivity contribution in [3.05, 3.63) is 54.4 Å². The van der Waals surface area contributed by atoms with Gasteiger partial charge in [-0.1, -0.05) is 32.9 Å². The molecule has 0 atom stereocenters. The summed E-state index contributed by atoms with van der Waals surface area (Å²) in [5, 5.41) is 1.32. The quantitative estimate of drug-likeness (QED) is 0.783. The largest absolute Gasteiger partial charge is 0.346 e. The fourth-order valence-electron chi connectivity index (χ4n) is 3.10. The Morgan fingerprint density at radius 3 is 2.61 bits per heavy atom. The molecule has 0 amide bonds. The van der Waals surface area contributed by atoms with Gasteiger partial charge < -0.3 is 10.3 Å². The molecule has 3 rings (SSSR count). The second kappa shape index (κ2) is 6.17. The molecule has 3 heteroatoms. The lowest BCUT2D eigenvalue weighted by Gasteiger charge is -2.17. The summed E-state index contributed by atoms with van der Waals surface area (Å²) in [6.07, 6.45) is 5.16. The summed E-state index contributed by atoms with van der Waals surface area (Å²) in [4.78, 5) is 4.48. The monoisotopic (exact) mass is 307 g/mol. The predicted molar refractivity (Wildman–Crippen MR) is 97.4 cm³/mol. The van der Waals surface area contributed by atoms with Gasteiger partial charge in [0.15, 0.2) is 0 Å². The van der Waals surface area contributed by atoms with E-state index in [4.69, 9.17) is 5.73 Å². The standard InChI is InChI=1S/C20H25N3/c1-20(2,3)13-16-14-23(11-9-21)19-8-7-15(12-17(16)19)18-6-4-5-10-22-18/h4-8,10,12,14H,9,11,13,21H2,1-3H3. The van der Waals surface area contributed by atoms with Crippen LogP contribution in [-0.4, -0.2) is 16.1 Å². The van der Waals surface area contributed by atoms with Crippen molar-refractivity contribution in [3.8, 4) is 11.3 Å². The zero-order chi connectivity index (χ0) is 16.4. The molecule has 0 aliphatic heterocycles. The lowest BCUT2D eigenvalue weighted by Crippen LogP contribution is -2.10. The average Bonchev–Trinajstić information content (AvgIpc) is 2.84. The number of hydrogen-bond donors (Lipinski definition) is 1. The van der Waals surface area contributed by atoms with Gasteiger partial charge in [-0.3, -0.25) is 4.98 Å². The summed E-state index contributed by atoms with van der Waals surface area (Å²) in [6.45, 7) is 8.34. The highest BCUT2D eigenvalue weighted by atomic mass is 15.0. The van der Waals surface area contributed by atoms with Crippen LogP contribution < -0.4 is 5.73 Å². The van der Waals surface area contributed by atoms with Crippen molar-refractivity contribution < 1.29 is 0 Å². The maximum absolute atomic E-state index is 5.78. The van der Waals surface area contributed by atoms with Crippen LogP contribution in [0.2, 0.25) is 0 Å². The Hall–Kier alpha value is -2.13. The molecular weight excluding hydrogens is 282 g/mol. The van der Waals surface area contributed by atoms with Crippen LogP contribution in [0.3, 0.4) is 0 Å². The first-order valence-corrected chi connectivity index (χ1v) is 8.21. The Bertz CT molecular complexity index is 795. The summed E-state index contributed by atoms with van der Waals surface area (Å²) < 4.78 is 2.28. The van der Waals surface area contributed by atoms with Crippen LogP contribution >= 0.6 is 0 Å². The number of rotatable bonds is 4. The molecule has 0 spiro atoms. The van der Waals surface area contributed by atoms with E-state index in [1.807, 2.05) is 18.3 Å². The molecule has 3 aromatic rings. The van der Waals surface area contributed by atoms with Gasteiger partial charge in [-0.25, -0.2) is 0 Å².